The van der Waals surface area contributed by atoms with Gasteiger partial charge in [-0.25, -0.2) is 4.98 Å². The summed E-state index contributed by atoms with van der Waals surface area (Å²) in [5.74, 6) is -1.70. The molecule has 8 nitrogen and oxygen atoms in total. The van der Waals surface area contributed by atoms with Crippen LogP contribution in [0, 0.1) is 5.41 Å². The van der Waals surface area contributed by atoms with Crippen molar-refractivity contribution in [1.82, 2.24) is 9.88 Å². The molecule has 3 rings (SSSR count). The number of aromatic nitrogens is 1. The number of benzene rings is 1. The van der Waals surface area contributed by atoms with Crippen molar-refractivity contribution in [3.63, 3.8) is 0 Å². The SMILES string of the molecule is COC(=O)C(C)(C)CC(=O)N1CC(C(=O)Nc2ncc(Br)cc2OC(F)F)(c2ccccc2C(C)C)C1. The highest BCUT2D eigenvalue weighted by Gasteiger charge is 2.54. The summed E-state index contributed by atoms with van der Waals surface area (Å²) < 4.78 is 35.7. The number of amides is 2. The van der Waals surface area contributed by atoms with Crippen molar-refractivity contribution in [2.75, 3.05) is 25.5 Å². The second-order valence-electron chi connectivity index (χ2n) is 9.96. The van der Waals surface area contributed by atoms with Gasteiger partial charge >= 0.3 is 12.6 Å². The molecule has 1 aliphatic rings. The van der Waals surface area contributed by atoms with E-state index in [1.54, 1.807) is 13.8 Å². The minimum Gasteiger partial charge on any atom is -0.469 e. The lowest BCUT2D eigenvalue weighted by molar-refractivity contribution is -0.157. The molecule has 2 heterocycles. The van der Waals surface area contributed by atoms with E-state index < -0.39 is 29.3 Å². The molecule has 200 valence electrons. The van der Waals surface area contributed by atoms with Crippen LogP contribution in [0.4, 0.5) is 14.6 Å². The molecule has 1 aliphatic heterocycles. The summed E-state index contributed by atoms with van der Waals surface area (Å²) in [5.41, 5.74) is -0.548. The second-order valence-corrected chi connectivity index (χ2v) is 10.9. The number of rotatable bonds is 9. The summed E-state index contributed by atoms with van der Waals surface area (Å²) in [5, 5.41) is 2.64. The minimum atomic E-state index is -3.11. The number of hydrogen-bond acceptors (Lipinski definition) is 6. The lowest BCUT2D eigenvalue weighted by atomic mass is 9.69. The molecular weight excluding hydrogens is 552 g/mol. The number of methoxy groups -OCH3 is 1. The van der Waals surface area contributed by atoms with Crippen LogP contribution in [0.3, 0.4) is 0 Å². The summed E-state index contributed by atoms with van der Waals surface area (Å²) in [4.78, 5) is 44.5. The Labute approximate surface area is 222 Å². The van der Waals surface area contributed by atoms with E-state index in [1.807, 2.05) is 38.1 Å². The Morgan fingerprint density at radius 3 is 2.46 bits per heavy atom. The molecule has 0 saturated carbocycles. The lowest BCUT2D eigenvalue weighted by Gasteiger charge is -2.50. The quantitative estimate of drug-likeness (QED) is 0.424. The van der Waals surface area contributed by atoms with Crippen LogP contribution < -0.4 is 10.1 Å². The number of hydrogen-bond donors (Lipinski definition) is 1. The Morgan fingerprint density at radius 1 is 1.22 bits per heavy atom. The van der Waals surface area contributed by atoms with Gasteiger partial charge in [0.2, 0.25) is 11.8 Å². The van der Waals surface area contributed by atoms with E-state index in [-0.39, 0.29) is 42.9 Å². The summed E-state index contributed by atoms with van der Waals surface area (Å²) >= 11 is 3.16. The molecule has 0 aliphatic carbocycles. The van der Waals surface area contributed by atoms with Crippen molar-refractivity contribution in [2.45, 2.75) is 52.1 Å². The predicted octanol–water partition coefficient (Wildman–Crippen LogP) is 4.88. The van der Waals surface area contributed by atoms with Gasteiger partial charge in [0.15, 0.2) is 11.6 Å². The van der Waals surface area contributed by atoms with E-state index in [9.17, 15) is 23.2 Å². The highest BCUT2D eigenvalue weighted by atomic mass is 79.9. The van der Waals surface area contributed by atoms with Gasteiger partial charge in [-0.2, -0.15) is 8.78 Å². The van der Waals surface area contributed by atoms with Gasteiger partial charge in [-0.1, -0.05) is 38.1 Å². The molecule has 1 aromatic carbocycles. The zero-order valence-electron chi connectivity index (χ0n) is 21.3. The number of ether oxygens (including phenoxy) is 2. The third-order valence-corrected chi connectivity index (χ3v) is 6.84. The number of pyridine rings is 1. The maximum absolute atomic E-state index is 13.8. The highest BCUT2D eigenvalue weighted by Crippen LogP contribution is 2.41. The Balaban J connectivity index is 1.95. The largest absolute Gasteiger partial charge is 0.469 e. The summed E-state index contributed by atoms with van der Waals surface area (Å²) in [6.45, 7) is 4.20. The first-order valence-corrected chi connectivity index (χ1v) is 12.5. The number of nitrogens with zero attached hydrogens (tertiary/aromatic N) is 2. The monoisotopic (exact) mass is 581 g/mol. The van der Waals surface area contributed by atoms with Gasteiger partial charge in [0.1, 0.15) is 5.41 Å². The van der Waals surface area contributed by atoms with Crippen molar-refractivity contribution in [3.05, 3.63) is 52.1 Å². The van der Waals surface area contributed by atoms with Crippen LogP contribution in [0.5, 0.6) is 5.75 Å². The van der Waals surface area contributed by atoms with Crippen LogP contribution in [0.15, 0.2) is 41.0 Å². The third-order valence-electron chi connectivity index (χ3n) is 6.41. The minimum absolute atomic E-state index is 0.0419. The molecule has 2 amide bonds. The Kier molecular flexibility index (Phi) is 8.56. The molecule has 2 aromatic rings. The first-order chi connectivity index (χ1) is 17.3. The second kappa shape index (κ2) is 11.1. The number of carbonyl (C=O) groups is 3. The number of likely N-dealkylation sites (tertiary alicyclic amines) is 1. The van der Waals surface area contributed by atoms with Crippen LogP contribution in [0.1, 0.15) is 51.2 Å². The standard InChI is InChI=1S/C26H30BrF2N3O5/c1-15(2)17-8-6-7-9-18(17)26(13-32(14-26)20(33)11-25(3,4)23(35)36-5)22(34)31-21-19(37-24(28)29)10-16(27)12-30-21/h6-10,12,15,24H,11,13-14H2,1-5H3,(H,30,31,34). The Bertz CT molecular complexity index is 1180. The van der Waals surface area contributed by atoms with Crippen molar-refractivity contribution in [3.8, 4) is 5.75 Å². The summed E-state index contributed by atoms with van der Waals surface area (Å²) in [6, 6.07) is 8.72. The lowest BCUT2D eigenvalue weighted by Crippen LogP contribution is -2.67. The van der Waals surface area contributed by atoms with Crippen LogP contribution in [-0.2, 0) is 24.5 Å². The van der Waals surface area contributed by atoms with Crippen LogP contribution in [0.2, 0.25) is 0 Å². The summed E-state index contributed by atoms with van der Waals surface area (Å²) in [6.07, 6.45) is 1.26. The average molecular weight is 582 g/mol. The normalized spacial score (nSPS) is 14.8. The third kappa shape index (κ3) is 6.08. The molecule has 0 atom stereocenters. The van der Waals surface area contributed by atoms with Gasteiger partial charge in [-0.15, -0.1) is 0 Å². The van der Waals surface area contributed by atoms with E-state index in [4.69, 9.17) is 4.74 Å². The molecule has 1 N–H and O–H groups in total. The number of anilines is 1. The summed E-state index contributed by atoms with van der Waals surface area (Å²) in [7, 11) is 1.26. The van der Waals surface area contributed by atoms with Gasteiger partial charge in [0.25, 0.3) is 0 Å². The number of halogens is 3. The molecule has 0 radical (unpaired) electrons. The van der Waals surface area contributed by atoms with Crippen molar-refractivity contribution < 1.29 is 32.6 Å². The Morgan fingerprint density at radius 2 is 1.86 bits per heavy atom. The van der Waals surface area contributed by atoms with Gasteiger partial charge in [0, 0.05) is 36.2 Å². The van der Waals surface area contributed by atoms with Crippen molar-refractivity contribution in [2.24, 2.45) is 5.41 Å². The fourth-order valence-corrected chi connectivity index (χ4v) is 4.73. The zero-order chi connectivity index (χ0) is 27.5. The molecule has 0 unspecified atom stereocenters. The molecule has 1 saturated heterocycles. The van der Waals surface area contributed by atoms with E-state index in [0.29, 0.717) is 4.47 Å². The molecule has 0 spiro atoms. The maximum atomic E-state index is 13.8. The smallest absolute Gasteiger partial charge is 0.387 e. The fraction of sp³-hybridized carbons (Fsp3) is 0.462. The van der Waals surface area contributed by atoms with E-state index in [1.165, 1.54) is 24.3 Å². The van der Waals surface area contributed by atoms with Gasteiger partial charge in [0.05, 0.1) is 12.5 Å². The molecule has 0 bridgehead atoms. The number of carbonyl (C=O) groups excluding carboxylic acids is 3. The highest BCUT2D eigenvalue weighted by molar-refractivity contribution is 9.10. The zero-order valence-corrected chi connectivity index (χ0v) is 22.9. The molecule has 1 fully saturated rings. The maximum Gasteiger partial charge on any atom is 0.387 e. The van der Waals surface area contributed by atoms with E-state index in [2.05, 4.69) is 31.0 Å². The molecular formula is C26H30BrF2N3O5. The van der Waals surface area contributed by atoms with Crippen molar-refractivity contribution >= 4 is 39.5 Å². The first-order valence-electron chi connectivity index (χ1n) is 11.7. The number of alkyl halides is 2. The van der Waals surface area contributed by atoms with Gasteiger partial charge < -0.3 is 19.7 Å². The van der Waals surface area contributed by atoms with Gasteiger partial charge in [-0.3, -0.25) is 14.4 Å². The van der Waals surface area contributed by atoms with Crippen LogP contribution >= 0.6 is 15.9 Å². The predicted molar refractivity (Wildman–Crippen MR) is 136 cm³/mol. The van der Waals surface area contributed by atoms with E-state index >= 15 is 0 Å². The fourth-order valence-electron chi connectivity index (χ4n) is 4.42. The van der Waals surface area contributed by atoms with Crippen LogP contribution in [-0.4, -0.2) is 54.5 Å². The molecule has 1 aromatic heterocycles. The Hall–Kier alpha value is -3.08. The molecule has 11 heteroatoms. The number of nitrogens with one attached hydrogen (secondary N) is 1. The van der Waals surface area contributed by atoms with Gasteiger partial charge in [-0.05, 0) is 46.8 Å². The molecule has 37 heavy (non-hydrogen) atoms. The average Bonchev–Trinajstić information content (AvgIpc) is 2.79. The number of esters is 1. The van der Waals surface area contributed by atoms with Crippen LogP contribution in [0.25, 0.3) is 0 Å². The van der Waals surface area contributed by atoms with Crippen molar-refractivity contribution in [1.29, 1.82) is 0 Å². The van der Waals surface area contributed by atoms with E-state index in [0.717, 1.165) is 11.1 Å². The first kappa shape index (κ1) is 28.5. The topological polar surface area (TPSA) is 97.8 Å².